The SMILES string of the molecule is COc1ccccc1.COc1ccccc1.F.F.F. The van der Waals surface area contributed by atoms with E-state index in [0.29, 0.717) is 0 Å². The summed E-state index contributed by atoms with van der Waals surface area (Å²) in [5.74, 6) is 1.82. The van der Waals surface area contributed by atoms with Gasteiger partial charge in [0.25, 0.3) is 0 Å². The molecule has 0 unspecified atom stereocenters. The zero-order chi connectivity index (χ0) is 11.6. The molecule has 0 aliphatic heterocycles. The second-order valence-electron chi connectivity index (χ2n) is 3.03. The molecule has 0 radical (unpaired) electrons. The summed E-state index contributed by atoms with van der Waals surface area (Å²) in [6.07, 6.45) is 0. The molecular formula is C14H19F3O2. The molecule has 0 amide bonds. The first-order valence-corrected chi connectivity index (χ1v) is 5.05. The topological polar surface area (TPSA) is 18.5 Å². The smallest absolute Gasteiger partial charge is 0.118 e. The van der Waals surface area contributed by atoms with Crippen molar-refractivity contribution in [2.45, 2.75) is 0 Å². The Bertz CT molecular complexity index is 343. The van der Waals surface area contributed by atoms with E-state index in [2.05, 4.69) is 0 Å². The minimum atomic E-state index is 0. The van der Waals surface area contributed by atoms with Gasteiger partial charge in [-0.25, -0.2) is 0 Å². The van der Waals surface area contributed by atoms with E-state index in [0.717, 1.165) is 11.5 Å². The first kappa shape index (κ1) is 22.0. The number of halogens is 3. The Kier molecular flexibility index (Phi) is 16.1. The second-order valence-corrected chi connectivity index (χ2v) is 3.03. The molecule has 0 bridgehead atoms. The molecule has 2 rings (SSSR count). The fourth-order valence-corrected chi connectivity index (χ4v) is 1.11. The van der Waals surface area contributed by atoms with Gasteiger partial charge in [0.05, 0.1) is 14.2 Å². The summed E-state index contributed by atoms with van der Waals surface area (Å²) in [4.78, 5) is 0. The molecule has 2 aromatic carbocycles. The van der Waals surface area contributed by atoms with Crippen LogP contribution in [0, 0.1) is 0 Å². The number of para-hydroxylation sites is 2. The van der Waals surface area contributed by atoms with Crippen LogP contribution in [0.25, 0.3) is 0 Å². The summed E-state index contributed by atoms with van der Waals surface area (Å²) >= 11 is 0. The summed E-state index contributed by atoms with van der Waals surface area (Å²) in [6, 6.07) is 19.4. The standard InChI is InChI=1S/2C7H8O.3FH/c2*1-8-7-5-3-2-4-6-7;;;/h2*2-6H,1H3;3*1H. The van der Waals surface area contributed by atoms with Crippen molar-refractivity contribution in [2.24, 2.45) is 0 Å². The van der Waals surface area contributed by atoms with Gasteiger partial charge in [-0.15, -0.1) is 0 Å². The Morgan fingerprint density at radius 3 is 0.947 bits per heavy atom. The van der Waals surface area contributed by atoms with Crippen LogP contribution in [0.1, 0.15) is 0 Å². The van der Waals surface area contributed by atoms with E-state index in [1.54, 1.807) is 14.2 Å². The molecule has 5 heteroatoms. The molecule has 0 atom stereocenters. The number of ether oxygens (including phenoxy) is 2. The van der Waals surface area contributed by atoms with Crippen molar-refractivity contribution >= 4 is 0 Å². The lowest BCUT2D eigenvalue weighted by atomic mass is 10.3. The van der Waals surface area contributed by atoms with Crippen LogP contribution in [-0.4, -0.2) is 14.2 Å². The minimum absolute atomic E-state index is 0. The molecule has 2 aromatic rings. The van der Waals surface area contributed by atoms with Crippen LogP contribution >= 0.6 is 0 Å². The Labute approximate surface area is 111 Å². The predicted molar refractivity (Wildman–Crippen MR) is 73.5 cm³/mol. The monoisotopic (exact) mass is 276 g/mol. The lowest BCUT2D eigenvalue weighted by Gasteiger charge is -1.93. The summed E-state index contributed by atoms with van der Waals surface area (Å²) in [5, 5.41) is 0. The van der Waals surface area contributed by atoms with E-state index in [9.17, 15) is 0 Å². The summed E-state index contributed by atoms with van der Waals surface area (Å²) in [6.45, 7) is 0. The van der Waals surface area contributed by atoms with Crippen molar-refractivity contribution in [2.75, 3.05) is 14.2 Å². The van der Waals surface area contributed by atoms with Crippen molar-refractivity contribution < 1.29 is 23.6 Å². The fourth-order valence-electron chi connectivity index (χ4n) is 1.11. The Morgan fingerprint density at radius 1 is 0.526 bits per heavy atom. The van der Waals surface area contributed by atoms with Crippen LogP contribution in [0.3, 0.4) is 0 Å². The molecule has 0 heterocycles. The fraction of sp³-hybridized carbons (Fsp3) is 0.143. The van der Waals surface area contributed by atoms with E-state index in [4.69, 9.17) is 9.47 Å². The first-order valence-electron chi connectivity index (χ1n) is 5.05. The van der Waals surface area contributed by atoms with Gasteiger partial charge in [0.15, 0.2) is 0 Å². The van der Waals surface area contributed by atoms with Gasteiger partial charge in [-0.1, -0.05) is 36.4 Å². The second kappa shape index (κ2) is 13.9. The molecule has 0 N–H and O–H groups in total. The quantitative estimate of drug-likeness (QED) is 0.829. The number of benzene rings is 2. The zero-order valence-corrected chi connectivity index (χ0v) is 10.8. The van der Waals surface area contributed by atoms with Gasteiger partial charge in [-0.2, -0.15) is 0 Å². The molecule has 0 saturated heterocycles. The maximum absolute atomic E-state index is 4.91. The largest absolute Gasteiger partial charge is 0.497 e. The first-order chi connectivity index (χ1) is 7.86. The number of hydrogen-bond donors (Lipinski definition) is 0. The van der Waals surface area contributed by atoms with E-state index in [-0.39, 0.29) is 14.1 Å². The van der Waals surface area contributed by atoms with Crippen molar-refractivity contribution in [3.8, 4) is 11.5 Å². The summed E-state index contributed by atoms with van der Waals surface area (Å²) in [5.41, 5.74) is 0. The van der Waals surface area contributed by atoms with Crippen LogP contribution in [0.15, 0.2) is 60.7 Å². The Morgan fingerprint density at radius 2 is 0.789 bits per heavy atom. The molecule has 0 saturated carbocycles. The molecule has 0 aliphatic carbocycles. The normalized spacial score (nSPS) is 7.26. The van der Waals surface area contributed by atoms with Crippen LogP contribution in [0.5, 0.6) is 11.5 Å². The van der Waals surface area contributed by atoms with E-state index < -0.39 is 0 Å². The predicted octanol–water partition coefficient (Wildman–Crippen LogP) is 3.85. The number of hydrogen-bond acceptors (Lipinski definition) is 2. The molecule has 0 spiro atoms. The van der Waals surface area contributed by atoms with Crippen LogP contribution < -0.4 is 9.47 Å². The van der Waals surface area contributed by atoms with Crippen molar-refractivity contribution in [1.82, 2.24) is 0 Å². The third kappa shape index (κ3) is 9.52. The Hall–Kier alpha value is -2.17. The number of rotatable bonds is 2. The lowest BCUT2D eigenvalue weighted by Crippen LogP contribution is -1.78. The number of methoxy groups -OCH3 is 2. The average Bonchev–Trinajstić information content (AvgIpc) is 2.41. The van der Waals surface area contributed by atoms with Gasteiger partial charge in [-0.3, -0.25) is 14.1 Å². The molecule has 0 aromatic heterocycles. The highest BCUT2D eigenvalue weighted by Gasteiger charge is 1.80. The van der Waals surface area contributed by atoms with Gasteiger partial charge >= 0.3 is 0 Å². The van der Waals surface area contributed by atoms with Gasteiger partial charge < -0.3 is 9.47 Å². The van der Waals surface area contributed by atoms with Gasteiger partial charge in [0.2, 0.25) is 0 Å². The highest BCUT2D eigenvalue weighted by atomic mass is 19.0. The van der Waals surface area contributed by atoms with E-state index in [1.807, 2.05) is 60.7 Å². The zero-order valence-electron chi connectivity index (χ0n) is 10.8. The van der Waals surface area contributed by atoms with Gasteiger partial charge in [0, 0.05) is 0 Å². The molecule has 0 fully saturated rings. The van der Waals surface area contributed by atoms with E-state index in [1.165, 1.54) is 0 Å². The van der Waals surface area contributed by atoms with Gasteiger partial charge in [-0.05, 0) is 24.3 Å². The maximum Gasteiger partial charge on any atom is 0.118 e. The highest BCUT2D eigenvalue weighted by Crippen LogP contribution is 2.06. The highest BCUT2D eigenvalue weighted by molar-refractivity contribution is 5.21. The molecule has 2 nitrogen and oxygen atoms in total. The molecule has 0 aliphatic rings. The molecule has 108 valence electrons. The summed E-state index contributed by atoms with van der Waals surface area (Å²) < 4.78 is 9.83. The van der Waals surface area contributed by atoms with Crippen molar-refractivity contribution in [3.63, 3.8) is 0 Å². The van der Waals surface area contributed by atoms with Crippen molar-refractivity contribution in [1.29, 1.82) is 0 Å². The molecular weight excluding hydrogens is 257 g/mol. The van der Waals surface area contributed by atoms with E-state index >= 15 is 0 Å². The third-order valence-electron chi connectivity index (χ3n) is 1.96. The molecule has 19 heavy (non-hydrogen) atoms. The lowest BCUT2D eigenvalue weighted by molar-refractivity contribution is 0.414. The third-order valence-corrected chi connectivity index (χ3v) is 1.96. The Balaban J connectivity index is -0.000000233. The minimum Gasteiger partial charge on any atom is -0.497 e. The van der Waals surface area contributed by atoms with Crippen molar-refractivity contribution in [3.05, 3.63) is 60.7 Å². The average molecular weight is 276 g/mol. The van der Waals surface area contributed by atoms with Crippen LogP contribution in [0.4, 0.5) is 14.1 Å². The summed E-state index contributed by atoms with van der Waals surface area (Å²) in [7, 11) is 3.32. The van der Waals surface area contributed by atoms with Gasteiger partial charge in [0.1, 0.15) is 11.5 Å². The van der Waals surface area contributed by atoms with Crippen LogP contribution in [-0.2, 0) is 0 Å². The van der Waals surface area contributed by atoms with Crippen LogP contribution in [0.2, 0.25) is 0 Å². The maximum atomic E-state index is 4.91.